The lowest BCUT2D eigenvalue weighted by Crippen LogP contribution is -2.03. The maximum Gasteiger partial charge on any atom is 0.360 e. The number of nitrogens with zero attached hydrogens (tertiary/aromatic N) is 1. The summed E-state index contributed by atoms with van der Waals surface area (Å²) in [6.07, 6.45) is 0. The SMILES string of the molecule is COC(=O)c1nc(-c2ccccc2)oc1-c1ccc(Cl)s1. The smallest absolute Gasteiger partial charge is 0.360 e. The lowest BCUT2D eigenvalue weighted by atomic mass is 10.2. The predicted molar refractivity (Wildman–Crippen MR) is 81.6 cm³/mol. The van der Waals surface area contributed by atoms with Gasteiger partial charge in [0, 0.05) is 5.56 Å². The summed E-state index contributed by atoms with van der Waals surface area (Å²) < 4.78 is 11.1. The maximum absolute atomic E-state index is 11.9. The molecule has 0 aliphatic carbocycles. The third-order valence-corrected chi connectivity index (χ3v) is 4.05. The van der Waals surface area contributed by atoms with Crippen LogP contribution in [0.4, 0.5) is 0 Å². The van der Waals surface area contributed by atoms with Crippen molar-refractivity contribution in [3.05, 3.63) is 52.5 Å². The molecular weight excluding hydrogens is 310 g/mol. The highest BCUT2D eigenvalue weighted by Crippen LogP contribution is 2.36. The molecule has 0 atom stereocenters. The molecular formula is C15H10ClNO3S. The van der Waals surface area contributed by atoms with Crippen LogP contribution in [0.1, 0.15) is 10.5 Å². The molecule has 0 aliphatic rings. The van der Waals surface area contributed by atoms with E-state index in [1.807, 2.05) is 30.3 Å². The van der Waals surface area contributed by atoms with E-state index in [1.165, 1.54) is 18.4 Å². The number of carbonyl (C=O) groups is 1. The van der Waals surface area contributed by atoms with E-state index in [0.717, 1.165) is 10.4 Å². The summed E-state index contributed by atoms with van der Waals surface area (Å²) >= 11 is 7.26. The van der Waals surface area contributed by atoms with E-state index < -0.39 is 5.97 Å². The molecule has 6 heteroatoms. The molecule has 3 aromatic rings. The van der Waals surface area contributed by atoms with Crippen molar-refractivity contribution in [1.82, 2.24) is 4.98 Å². The highest BCUT2D eigenvalue weighted by molar-refractivity contribution is 7.19. The average Bonchev–Trinajstić information content (AvgIpc) is 3.13. The summed E-state index contributed by atoms with van der Waals surface area (Å²) in [4.78, 5) is 16.9. The lowest BCUT2D eigenvalue weighted by molar-refractivity contribution is 0.0595. The number of hydrogen-bond donors (Lipinski definition) is 0. The third kappa shape index (κ3) is 2.70. The van der Waals surface area contributed by atoms with Crippen LogP contribution in [0.25, 0.3) is 22.1 Å². The quantitative estimate of drug-likeness (QED) is 0.666. The Morgan fingerprint density at radius 3 is 2.62 bits per heavy atom. The van der Waals surface area contributed by atoms with Crippen LogP contribution in [0.2, 0.25) is 4.34 Å². The second-order valence-corrected chi connectivity index (χ2v) is 5.87. The Balaban J connectivity index is 2.14. The van der Waals surface area contributed by atoms with Crippen LogP contribution in [0.5, 0.6) is 0 Å². The summed E-state index contributed by atoms with van der Waals surface area (Å²) in [6, 6.07) is 12.9. The minimum atomic E-state index is -0.541. The first-order valence-electron chi connectivity index (χ1n) is 6.09. The van der Waals surface area contributed by atoms with Gasteiger partial charge in [-0.25, -0.2) is 9.78 Å². The van der Waals surface area contributed by atoms with E-state index in [0.29, 0.717) is 16.0 Å². The zero-order valence-corrected chi connectivity index (χ0v) is 12.6. The van der Waals surface area contributed by atoms with Crippen molar-refractivity contribution < 1.29 is 13.9 Å². The molecule has 0 fully saturated rings. The normalized spacial score (nSPS) is 10.6. The van der Waals surface area contributed by atoms with Gasteiger partial charge in [0.2, 0.25) is 5.89 Å². The van der Waals surface area contributed by atoms with Crippen LogP contribution in [-0.2, 0) is 4.74 Å². The van der Waals surface area contributed by atoms with Gasteiger partial charge in [0.25, 0.3) is 0 Å². The highest BCUT2D eigenvalue weighted by Gasteiger charge is 2.23. The Labute approximate surface area is 130 Å². The number of aromatic nitrogens is 1. The summed E-state index contributed by atoms with van der Waals surface area (Å²) in [5.74, 6) is 0.202. The van der Waals surface area contributed by atoms with Gasteiger partial charge in [0.15, 0.2) is 11.5 Å². The number of ether oxygens (including phenoxy) is 1. The molecule has 0 aliphatic heterocycles. The van der Waals surface area contributed by atoms with Crippen molar-refractivity contribution in [1.29, 1.82) is 0 Å². The lowest BCUT2D eigenvalue weighted by Gasteiger charge is -1.95. The van der Waals surface area contributed by atoms with Gasteiger partial charge in [-0.05, 0) is 24.3 Å². The van der Waals surface area contributed by atoms with Crippen LogP contribution in [0, 0.1) is 0 Å². The van der Waals surface area contributed by atoms with Crippen molar-refractivity contribution in [2.45, 2.75) is 0 Å². The number of oxazole rings is 1. The fraction of sp³-hybridized carbons (Fsp3) is 0.0667. The largest absolute Gasteiger partial charge is 0.464 e. The van der Waals surface area contributed by atoms with E-state index in [-0.39, 0.29) is 5.69 Å². The van der Waals surface area contributed by atoms with Crippen molar-refractivity contribution in [2.75, 3.05) is 7.11 Å². The van der Waals surface area contributed by atoms with Gasteiger partial charge in [0.05, 0.1) is 16.3 Å². The summed E-state index contributed by atoms with van der Waals surface area (Å²) in [5.41, 5.74) is 0.937. The van der Waals surface area contributed by atoms with Gasteiger partial charge < -0.3 is 9.15 Å². The third-order valence-electron chi connectivity index (χ3n) is 2.82. The molecule has 2 heterocycles. The molecule has 0 spiro atoms. The second-order valence-electron chi connectivity index (χ2n) is 4.16. The molecule has 0 N–H and O–H groups in total. The number of thiophene rings is 1. The van der Waals surface area contributed by atoms with E-state index >= 15 is 0 Å². The number of hydrogen-bond acceptors (Lipinski definition) is 5. The Morgan fingerprint density at radius 1 is 1.24 bits per heavy atom. The minimum Gasteiger partial charge on any atom is -0.464 e. The Morgan fingerprint density at radius 2 is 2.00 bits per heavy atom. The summed E-state index contributed by atoms with van der Waals surface area (Å²) in [5, 5.41) is 0. The van der Waals surface area contributed by atoms with Gasteiger partial charge in [-0.15, -0.1) is 11.3 Å². The molecule has 3 rings (SSSR count). The first-order chi connectivity index (χ1) is 10.2. The molecule has 0 amide bonds. The molecule has 0 saturated carbocycles. The topological polar surface area (TPSA) is 52.3 Å². The zero-order chi connectivity index (χ0) is 14.8. The fourth-order valence-electron chi connectivity index (χ4n) is 1.86. The van der Waals surface area contributed by atoms with E-state index in [2.05, 4.69) is 4.98 Å². The molecule has 0 unspecified atom stereocenters. The first kappa shape index (κ1) is 13.9. The van der Waals surface area contributed by atoms with Gasteiger partial charge in [-0.3, -0.25) is 0 Å². The minimum absolute atomic E-state index is 0.148. The van der Waals surface area contributed by atoms with Crippen LogP contribution in [-0.4, -0.2) is 18.1 Å². The first-order valence-corrected chi connectivity index (χ1v) is 7.29. The van der Waals surface area contributed by atoms with Crippen LogP contribution in [0.3, 0.4) is 0 Å². The molecule has 0 radical (unpaired) electrons. The van der Waals surface area contributed by atoms with Gasteiger partial charge in [0.1, 0.15) is 0 Å². The molecule has 0 bridgehead atoms. The van der Waals surface area contributed by atoms with Crippen molar-refractivity contribution in [3.8, 4) is 22.1 Å². The Bertz CT molecular complexity index is 779. The summed E-state index contributed by atoms with van der Waals surface area (Å²) in [6.45, 7) is 0. The number of halogens is 1. The maximum atomic E-state index is 11.9. The average molecular weight is 320 g/mol. The molecule has 1 aromatic carbocycles. The monoisotopic (exact) mass is 319 g/mol. The number of rotatable bonds is 3. The van der Waals surface area contributed by atoms with Gasteiger partial charge in [-0.1, -0.05) is 29.8 Å². The van der Waals surface area contributed by atoms with Gasteiger partial charge >= 0.3 is 5.97 Å². The summed E-state index contributed by atoms with van der Waals surface area (Å²) in [7, 11) is 1.31. The fourth-order valence-corrected chi connectivity index (χ4v) is 2.89. The van der Waals surface area contributed by atoms with Crippen LogP contribution >= 0.6 is 22.9 Å². The molecule has 2 aromatic heterocycles. The number of methoxy groups -OCH3 is 1. The van der Waals surface area contributed by atoms with Crippen LogP contribution in [0.15, 0.2) is 46.9 Å². The standard InChI is InChI=1S/C15H10ClNO3S/c1-19-15(18)12-13(10-7-8-11(16)21-10)20-14(17-12)9-5-3-2-4-6-9/h2-8H,1H3. The van der Waals surface area contributed by atoms with Crippen molar-refractivity contribution in [3.63, 3.8) is 0 Å². The van der Waals surface area contributed by atoms with Crippen LogP contribution < -0.4 is 0 Å². The Hall–Kier alpha value is -2.11. The molecule has 0 saturated heterocycles. The van der Waals surface area contributed by atoms with Gasteiger partial charge in [-0.2, -0.15) is 0 Å². The van der Waals surface area contributed by atoms with E-state index in [1.54, 1.807) is 12.1 Å². The van der Waals surface area contributed by atoms with E-state index in [4.69, 9.17) is 20.8 Å². The number of esters is 1. The predicted octanol–water partition coefficient (Wildman–Crippen LogP) is 4.51. The zero-order valence-electron chi connectivity index (χ0n) is 11.0. The molecule has 4 nitrogen and oxygen atoms in total. The Kier molecular flexibility index (Phi) is 3.77. The van der Waals surface area contributed by atoms with E-state index in [9.17, 15) is 4.79 Å². The highest BCUT2D eigenvalue weighted by atomic mass is 35.5. The number of carbonyl (C=O) groups excluding carboxylic acids is 1. The van der Waals surface area contributed by atoms with Crippen molar-refractivity contribution in [2.24, 2.45) is 0 Å². The second kappa shape index (κ2) is 5.71. The van der Waals surface area contributed by atoms with Crippen molar-refractivity contribution >= 4 is 28.9 Å². The molecule has 21 heavy (non-hydrogen) atoms. The number of benzene rings is 1. The molecule has 106 valence electrons.